The van der Waals surface area contributed by atoms with E-state index < -0.39 is 0 Å². The van der Waals surface area contributed by atoms with Crippen LogP contribution in [0.25, 0.3) is 0 Å². The number of aromatic nitrogens is 1. The molecule has 84 valence electrons. The monoisotopic (exact) mass is 207 g/mol. The Morgan fingerprint density at radius 3 is 2.73 bits per heavy atom. The molecule has 3 N–H and O–H groups in total. The van der Waals surface area contributed by atoms with Crippen molar-refractivity contribution in [3.05, 3.63) is 30.1 Å². The third-order valence-corrected chi connectivity index (χ3v) is 2.47. The van der Waals surface area contributed by atoms with Crippen LogP contribution in [0.2, 0.25) is 0 Å². The first kappa shape index (κ1) is 12.1. The molecular weight excluding hydrogens is 186 g/mol. The number of nitrogens with one attached hydrogen (secondary N) is 1. The first-order valence-corrected chi connectivity index (χ1v) is 5.58. The maximum absolute atomic E-state index is 5.51. The van der Waals surface area contributed by atoms with Gasteiger partial charge in [-0.2, -0.15) is 0 Å². The largest absolute Gasteiger partial charge is 0.271 e. The summed E-state index contributed by atoms with van der Waals surface area (Å²) in [5, 5.41) is 0. The maximum Gasteiger partial charge on any atom is 0.0404 e. The van der Waals surface area contributed by atoms with E-state index in [-0.39, 0.29) is 0 Å². The molecule has 0 aliphatic heterocycles. The van der Waals surface area contributed by atoms with Crippen molar-refractivity contribution in [3.63, 3.8) is 0 Å². The molecule has 0 aliphatic rings. The van der Waals surface area contributed by atoms with Crippen LogP contribution in [0.4, 0.5) is 0 Å². The van der Waals surface area contributed by atoms with Gasteiger partial charge in [-0.25, -0.2) is 0 Å². The molecule has 0 aliphatic carbocycles. The molecule has 1 rings (SSSR count). The lowest BCUT2D eigenvalue weighted by atomic mass is 9.99. The minimum Gasteiger partial charge on any atom is -0.271 e. The lowest BCUT2D eigenvalue weighted by Crippen LogP contribution is -2.36. The Morgan fingerprint density at radius 1 is 1.40 bits per heavy atom. The molecule has 1 unspecified atom stereocenters. The van der Waals surface area contributed by atoms with E-state index in [1.54, 1.807) is 0 Å². The summed E-state index contributed by atoms with van der Waals surface area (Å²) in [6, 6.07) is 6.42. The van der Waals surface area contributed by atoms with Crippen molar-refractivity contribution in [3.8, 4) is 0 Å². The van der Waals surface area contributed by atoms with E-state index in [9.17, 15) is 0 Å². The predicted octanol–water partition coefficient (Wildman–Crippen LogP) is 1.89. The van der Waals surface area contributed by atoms with Crippen molar-refractivity contribution < 1.29 is 0 Å². The minimum atomic E-state index is 0.395. The molecule has 0 radical (unpaired) electrons. The zero-order valence-electron chi connectivity index (χ0n) is 9.61. The second-order valence-corrected chi connectivity index (χ2v) is 4.35. The highest BCUT2D eigenvalue weighted by molar-refractivity contribution is 5.03. The van der Waals surface area contributed by atoms with Gasteiger partial charge >= 0.3 is 0 Å². The average Bonchev–Trinajstić information content (AvgIpc) is 2.25. The Balaban J connectivity index is 2.34. The van der Waals surface area contributed by atoms with E-state index in [1.807, 2.05) is 18.3 Å². The summed E-state index contributed by atoms with van der Waals surface area (Å²) in [7, 11) is 0. The van der Waals surface area contributed by atoms with E-state index in [2.05, 4.69) is 30.3 Å². The molecule has 0 saturated carbocycles. The SMILES string of the molecule is CC(C)CC(CCc1ccccn1)NN. The first-order valence-electron chi connectivity index (χ1n) is 5.58. The topological polar surface area (TPSA) is 50.9 Å². The van der Waals surface area contributed by atoms with E-state index >= 15 is 0 Å². The average molecular weight is 207 g/mol. The number of nitrogens with two attached hydrogens (primary N) is 1. The first-order chi connectivity index (χ1) is 7.22. The summed E-state index contributed by atoms with van der Waals surface area (Å²) in [6.07, 6.45) is 4.99. The van der Waals surface area contributed by atoms with Gasteiger partial charge in [0.15, 0.2) is 0 Å². The van der Waals surface area contributed by atoms with Crippen molar-refractivity contribution in [2.75, 3.05) is 0 Å². The standard InChI is InChI=1S/C12H21N3/c1-10(2)9-12(15-13)7-6-11-5-3-4-8-14-11/h3-5,8,10,12,15H,6-7,9,13H2,1-2H3. The van der Waals surface area contributed by atoms with Gasteiger partial charge in [0.25, 0.3) is 0 Å². The van der Waals surface area contributed by atoms with Crippen molar-refractivity contribution >= 4 is 0 Å². The number of pyridine rings is 1. The zero-order chi connectivity index (χ0) is 11.1. The summed E-state index contributed by atoms with van der Waals surface area (Å²) in [6.45, 7) is 4.43. The fourth-order valence-corrected chi connectivity index (χ4v) is 1.71. The fraction of sp³-hybridized carbons (Fsp3) is 0.583. The van der Waals surface area contributed by atoms with Crippen LogP contribution < -0.4 is 11.3 Å². The smallest absolute Gasteiger partial charge is 0.0404 e. The summed E-state index contributed by atoms with van der Waals surface area (Å²) in [5.74, 6) is 6.19. The lowest BCUT2D eigenvalue weighted by molar-refractivity contribution is 0.404. The number of rotatable bonds is 6. The Labute approximate surface area is 92.1 Å². The number of hydrogen-bond donors (Lipinski definition) is 2. The molecule has 0 saturated heterocycles. The van der Waals surface area contributed by atoms with Gasteiger partial charge in [0.2, 0.25) is 0 Å². The summed E-state index contributed by atoms with van der Waals surface area (Å²) in [5.41, 5.74) is 4.02. The van der Waals surface area contributed by atoms with E-state index in [0.29, 0.717) is 12.0 Å². The second kappa shape index (κ2) is 6.53. The number of nitrogens with zero attached hydrogens (tertiary/aromatic N) is 1. The third-order valence-electron chi connectivity index (χ3n) is 2.47. The van der Waals surface area contributed by atoms with E-state index in [4.69, 9.17) is 5.84 Å². The molecule has 0 fully saturated rings. The van der Waals surface area contributed by atoms with Crippen LogP contribution in [0.3, 0.4) is 0 Å². The van der Waals surface area contributed by atoms with E-state index in [1.165, 1.54) is 0 Å². The Hall–Kier alpha value is -0.930. The third kappa shape index (κ3) is 4.91. The van der Waals surface area contributed by atoms with Crippen LogP contribution in [0, 0.1) is 5.92 Å². The Morgan fingerprint density at radius 2 is 2.20 bits per heavy atom. The van der Waals surface area contributed by atoms with Gasteiger partial charge in [-0.1, -0.05) is 19.9 Å². The van der Waals surface area contributed by atoms with Gasteiger partial charge in [0.1, 0.15) is 0 Å². The summed E-state index contributed by atoms with van der Waals surface area (Å²) < 4.78 is 0. The van der Waals surface area contributed by atoms with Crippen molar-refractivity contribution in [2.45, 2.75) is 39.2 Å². The molecule has 1 aromatic rings. The minimum absolute atomic E-state index is 0.395. The summed E-state index contributed by atoms with van der Waals surface area (Å²) >= 11 is 0. The molecular formula is C12H21N3. The predicted molar refractivity (Wildman–Crippen MR) is 63.1 cm³/mol. The van der Waals surface area contributed by atoms with Crippen LogP contribution in [-0.4, -0.2) is 11.0 Å². The molecule has 0 bridgehead atoms. The normalized spacial score (nSPS) is 13.1. The van der Waals surface area contributed by atoms with Crippen molar-refractivity contribution in [2.24, 2.45) is 11.8 Å². The second-order valence-electron chi connectivity index (χ2n) is 4.35. The summed E-state index contributed by atoms with van der Waals surface area (Å²) in [4.78, 5) is 4.30. The van der Waals surface area contributed by atoms with E-state index in [0.717, 1.165) is 25.0 Å². The lowest BCUT2D eigenvalue weighted by Gasteiger charge is -2.17. The molecule has 15 heavy (non-hydrogen) atoms. The van der Waals surface area contributed by atoms with Crippen molar-refractivity contribution in [1.82, 2.24) is 10.4 Å². The van der Waals surface area contributed by atoms with Crippen LogP contribution in [0.5, 0.6) is 0 Å². The molecule has 1 aromatic heterocycles. The van der Waals surface area contributed by atoms with Crippen LogP contribution in [0.1, 0.15) is 32.4 Å². The van der Waals surface area contributed by atoms with Gasteiger partial charge in [0, 0.05) is 17.9 Å². The molecule has 0 aromatic carbocycles. The van der Waals surface area contributed by atoms with Gasteiger partial charge < -0.3 is 0 Å². The Kier molecular flexibility index (Phi) is 5.29. The van der Waals surface area contributed by atoms with Gasteiger partial charge in [-0.15, -0.1) is 0 Å². The fourth-order valence-electron chi connectivity index (χ4n) is 1.71. The van der Waals surface area contributed by atoms with Crippen LogP contribution in [-0.2, 0) is 6.42 Å². The molecule has 1 atom stereocenters. The number of hydrogen-bond acceptors (Lipinski definition) is 3. The molecule has 3 nitrogen and oxygen atoms in total. The van der Waals surface area contributed by atoms with Crippen LogP contribution in [0.15, 0.2) is 24.4 Å². The zero-order valence-corrected chi connectivity index (χ0v) is 9.61. The highest BCUT2D eigenvalue weighted by Crippen LogP contribution is 2.09. The highest BCUT2D eigenvalue weighted by Gasteiger charge is 2.08. The number of hydrazine groups is 1. The molecule has 0 amide bonds. The maximum atomic E-state index is 5.51. The molecule has 1 heterocycles. The molecule has 0 spiro atoms. The van der Waals surface area contributed by atoms with Gasteiger partial charge in [0.05, 0.1) is 0 Å². The van der Waals surface area contributed by atoms with Gasteiger partial charge in [-0.05, 0) is 37.3 Å². The number of aryl methyl sites for hydroxylation is 1. The molecule has 3 heteroatoms. The van der Waals surface area contributed by atoms with Crippen LogP contribution >= 0.6 is 0 Å². The van der Waals surface area contributed by atoms with Gasteiger partial charge in [-0.3, -0.25) is 16.3 Å². The quantitative estimate of drug-likeness (QED) is 0.553. The van der Waals surface area contributed by atoms with Crippen molar-refractivity contribution in [1.29, 1.82) is 0 Å². The highest BCUT2D eigenvalue weighted by atomic mass is 15.2. The Bertz CT molecular complexity index is 259.